The summed E-state index contributed by atoms with van der Waals surface area (Å²) in [5.41, 5.74) is 3.68. The van der Waals surface area contributed by atoms with Gasteiger partial charge in [0.1, 0.15) is 11.6 Å². The molecule has 1 saturated heterocycles. The molecule has 2 aromatic heterocycles. The van der Waals surface area contributed by atoms with E-state index in [1.54, 1.807) is 12.1 Å². The average Bonchev–Trinajstić information content (AvgIpc) is 3.38. The predicted molar refractivity (Wildman–Crippen MR) is 134 cm³/mol. The number of benzene rings is 2. The Morgan fingerprint density at radius 3 is 2.58 bits per heavy atom. The molecule has 5 rings (SSSR count). The number of hydrogen-bond donors (Lipinski definition) is 2. The van der Waals surface area contributed by atoms with Crippen molar-refractivity contribution in [3.05, 3.63) is 71.4 Å². The maximum atomic E-state index is 8.31. The molecule has 0 saturated carbocycles. The van der Waals surface area contributed by atoms with E-state index in [0.29, 0.717) is 16.4 Å². The fraction of sp³-hybridized carbons (Fsp3) is 0.200. The van der Waals surface area contributed by atoms with E-state index < -0.39 is 0 Å². The minimum absolute atomic E-state index is 0.0283. The van der Waals surface area contributed by atoms with Gasteiger partial charge in [-0.25, -0.2) is 4.98 Å². The Kier molecular flexibility index (Phi) is 5.56. The topological polar surface area (TPSA) is 84.9 Å². The zero-order valence-corrected chi connectivity index (χ0v) is 19.0. The molecule has 0 unspecified atom stereocenters. The first-order valence-corrected chi connectivity index (χ1v) is 11.2. The second-order valence-corrected chi connectivity index (χ2v) is 8.56. The second kappa shape index (κ2) is 8.67. The summed E-state index contributed by atoms with van der Waals surface area (Å²) in [4.78, 5) is 13.4. The number of aromatic nitrogens is 3. The van der Waals surface area contributed by atoms with Crippen molar-refractivity contribution in [1.82, 2.24) is 14.5 Å². The molecule has 2 aromatic carbocycles. The number of nitrogens with zero attached hydrogens (tertiary/aromatic N) is 5. The Hall–Kier alpha value is -3.71. The van der Waals surface area contributed by atoms with Crippen LogP contribution in [0.25, 0.3) is 22.0 Å². The highest BCUT2D eigenvalue weighted by atomic mass is 35.5. The molecule has 0 aliphatic carbocycles. The molecule has 4 aromatic rings. The molecule has 7 nitrogen and oxygen atoms in total. The van der Waals surface area contributed by atoms with Crippen LogP contribution in [-0.2, 0) is 0 Å². The molecule has 2 N–H and O–H groups in total. The average molecular weight is 458 g/mol. The van der Waals surface area contributed by atoms with Gasteiger partial charge in [0.25, 0.3) is 0 Å². The van der Waals surface area contributed by atoms with Gasteiger partial charge in [-0.3, -0.25) is 15.4 Å². The summed E-state index contributed by atoms with van der Waals surface area (Å²) < 4.78 is 1.41. The lowest BCUT2D eigenvalue weighted by molar-refractivity contribution is 0.915. The summed E-state index contributed by atoms with van der Waals surface area (Å²) in [5.74, 6) is 1.66. The Morgan fingerprint density at radius 2 is 1.85 bits per heavy atom. The van der Waals surface area contributed by atoms with E-state index in [4.69, 9.17) is 22.4 Å². The molecule has 0 amide bonds. The van der Waals surface area contributed by atoms with E-state index in [0.717, 1.165) is 47.4 Å². The third-order valence-electron chi connectivity index (χ3n) is 6.09. The van der Waals surface area contributed by atoms with Gasteiger partial charge in [0, 0.05) is 48.0 Å². The molecule has 1 aliphatic heterocycles. The number of hydrogen-bond acceptors (Lipinski definition) is 6. The highest BCUT2D eigenvalue weighted by Gasteiger charge is 2.16. The second-order valence-electron chi connectivity index (χ2n) is 8.13. The Balaban J connectivity index is 1.52. The highest BCUT2D eigenvalue weighted by Crippen LogP contribution is 2.32. The van der Waals surface area contributed by atoms with E-state index in [2.05, 4.69) is 39.1 Å². The monoisotopic (exact) mass is 457 g/mol. The summed E-state index contributed by atoms with van der Waals surface area (Å²) in [7, 11) is 1.93. The van der Waals surface area contributed by atoms with Crippen LogP contribution in [0.2, 0.25) is 5.02 Å². The number of halogens is 1. The molecule has 0 radical (unpaired) electrons. The third-order valence-corrected chi connectivity index (χ3v) is 6.33. The maximum Gasteiger partial charge on any atom is 0.229 e. The quantitative estimate of drug-likeness (QED) is 0.324. The van der Waals surface area contributed by atoms with Crippen LogP contribution in [0.15, 0.2) is 60.8 Å². The van der Waals surface area contributed by atoms with Crippen LogP contribution in [0.1, 0.15) is 12.8 Å². The normalized spacial score (nSPS) is 13.5. The summed E-state index contributed by atoms with van der Waals surface area (Å²) in [5, 5.41) is 17.3. The van der Waals surface area contributed by atoms with Crippen LogP contribution in [-0.4, -0.2) is 41.0 Å². The number of pyridine rings is 1. The number of anilines is 3. The summed E-state index contributed by atoms with van der Waals surface area (Å²) >= 11 is 6.20. The minimum Gasteiger partial charge on any atom is -0.357 e. The molecular formula is C25H24ClN7. The smallest absolute Gasteiger partial charge is 0.229 e. The van der Waals surface area contributed by atoms with Crippen molar-refractivity contribution >= 4 is 46.2 Å². The molecular weight excluding hydrogens is 434 g/mol. The fourth-order valence-corrected chi connectivity index (χ4v) is 4.48. The lowest BCUT2D eigenvalue weighted by Crippen LogP contribution is -2.26. The standard InChI is InChI=1S/C25H24ClN7/c1-31(24-21-9-8-19(26)14-22(21)33(16-27)25(28)30-24)20-6-4-5-17(13-20)18-7-10-23(29-15-18)32-11-2-3-12-32/h4-10,13-16,27-28H,2-3,11-12H2,1H3. The maximum absolute atomic E-state index is 8.31. The van der Waals surface area contributed by atoms with Crippen LogP contribution >= 0.6 is 11.6 Å². The largest absolute Gasteiger partial charge is 0.357 e. The van der Waals surface area contributed by atoms with Crippen LogP contribution in [0, 0.1) is 10.8 Å². The van der Waals surface area contributed by atoms with Gasteiger partial charge < -0.3 is 9.80 Å². The number of fused-ring (bicyclic) bond motifs is 1. The van der Waals surface area contributed by atoms with Gasteiger partial charge in [-0.05, 0) is 60.9 Å². The van der Waals surface area contributed by atoms with Gasteiger partial charge in [-0.2, -0.15) is 4.98 Å². The van der Waals surface area contributed by atoms with Crippen molar-refractivity contribution in [1.29, 1.82) is 10.8 Å². The van der Waals surface area contributed by atoms with Gasteiger partial charge in [-0.1, -0.05) is 23.7 Å². The lowest BCUT2D eigenvalue weighted by atomic mass is 10.1. The van der Waals surface area contributed by atoms with Crippen molar-refractivity contribution in [3.8, 4) is 11.1 Å². The van der Waals surface area contributed by atoms with Crippen LogP contribution < -0.4 is 15.4 Å². The predicted octanol–water partition coefficient (Wildman–Crippen LogP) is 5.05. The zero-order chi connectivity index (χ0) is 22.9. The molecule has 0 bridgehead atoms. The molecule has 0 atom stereocenters. The van der Waals surface area contributed by atoms with Gasteiger partial charge in [0.15, 0.2) is 0 Å². The van der Waals surface area contributed by atoms with E-state index >= 15 is 0 Å². The van der Waals surface area contributed by atoms with Crippen molar-refractivity contribution in [2.75, 3.05) is 29.9 Å². The van der Waals surface area contributed by atoms with E-state index in [9.17, 15) is 0 Å². The first-order chi connectivity index (χ1) is 16.0. The first-order valence-electron chi connectivity index (χ1n) is 10.9. The van der Waals surface area contributed by atoms with E-state index in [1.165, 1.54) is 17.4 Å². The van der Waals surface area contributed by atoms with Crippen molar-refractivity contribution in [3.63, 3.8) is 0 Å². The lowest BCUT2D eigenvalue weighted by Gasteiger charge is -2.22. The number of rotatable bonds is 5. The molecule has 0 spiro atoms. The fourth-order valence-electron chi connectivity index (χ4n) is 4.31. The SMILES string of the molecule is CN(c1cccc(-c2ccc(N3CCCC3)nc2)c1)c1nc(=N)n(C=N)c2cc(Cl)ccc12. The van der Waals surface area contributed by atoms with Crippen LogP contribution in [0.4, 0.5) is 17.3 Å². The number of nitrogens with one attached hydrogen (secondary N) is 2. The third kappa shape index (κ3) is 3.96. The zero-order valence-electron chi connectivity index (χ0n) is 18.3. The van der Waals surface area contributed by atoms with Crippen LogP contribution in [0.3, 0.4) is 0 Å². The van der Waals surface area contributed by atoms with Crippen molar-refractivity contribution in [2.24, 2.45) is 0 Å². The highest BCUT2D eigenvalue weighted by molar-refractivity contribution is 6.31. The molecule has 166 valence electrons. The molecule has 1 fully saturated rings. The van der Waals surface area contributed by atoms with Gasteiger partial charge in [0.05, 0.1) is 11.9 Å². The van der Waals surface area contributed by atoms with E-state index in [1.807, 2.05) is 36.3 Å². The first kappa shape index (κ1) is 21.2. The van der Waals surface area contributed by atoms with Gasteiger partial charge in [-0.15, -0.1) is 0 Å². The summed E-state index contributed by atoms with van der Waals surface area (Å²) in [6.07, 6.45) is 5.47. The van der Waals surface area contributed by atoms with Gasteiger partial charge >= 0.3 is 0 Å². The molecule has 33 heavy (non-hydrogen) atoms. The van der Waals surface area contributed by atoms with Crippen molar-refractivity contribution in [2.45, 2.75) is 12.8 Å². The minimum atomic E-state index is -0.0283. The summed E-state index contributed by atoms with van der Waals surface area (Å²) in [6.45, 7) is 2.15. The Bertz CT molecular complexity index is 1390. The Labute approximate surface area is 196 Å². The van der Waals surface area contributed by atoms with E-state index in [-0.39, 0.29) is 5.62 Å². The molecule has 8 heteroatoms. The molecule has 3 heterocycles. The Morgan fingerprint density at radius 1 is 1.03 bits per heavy atom. The molecule has 1 aliphatic rings. The van der Waals surface area contributed by atoms with Crippen LogP contribution in [0.5, 0.6) is 0 Å². The summed E-state index contributed by atoms with van der Waals surface area (Å²) in [6, 6.07) is 17.8. The van der Waals surface area contributed by atoms with Gasteiger partial charge in [0.2, 0.25) is 5.62 Å². The van der Waals surface area contributed by atoms with Crippen molar-refractivity contribution < 1.29 is 0 Å².